The SMILES string of the molecule is Cc1cccc(C)c1NC(=O)NS/N=C/c1ccc2nc(-c3ccc(OC(F)(F)F)cc3)cn2c1. The first-order chi connectivity index (χ1) is 16.7. The van der Waals surface area contributed by atoms with E-state index in [4.69, 9.17) is 0 Å². The van der Waals surface area contributed by atoms with E-state index in [0.29, 0.717) is 16.9 Å². The molecule has 0 saturated heterocycles. The number of para-hydroxylation sites is 1. The molecule has 4 aromatic rings. The second kappa shape index (κ2) is 10.1. The van der Waals surface area contributed by atoms with Crippen LogP contribution in [0.2, 0.25) is 0 Å². The van der Waals surface area contributed by atoms with Crippen LogP contribution in [0.4, 0.5) is 23.7 Å². The highest BCUT2D eigenvalue weighted by molar-refractivity contribution is 7.96. The fraction of sp³-hybridized carbons (Fsp3) is 0.125. The highest BCUT2D eigenvalue weighted by Crippen LogP contribution is 2.26. The average molecular weight is 500 g/mol. The van der Waals surface area contributed by atoms with Crippen molar-refractivity contribution in [3.05, 3.63) is 83.7 Å². The van der Waals surface area contributed by atoms with Gasteiger partial charge in [-0.25, -0.2) is 14.2 Å². The summed E-state index contributed by atoms with van der Waals surface area (Å²) in [5.74, 6) is -0.294. The molecule has 0 aliphatic rings. The number of nitrogens with one attached hydrogen (secondary N) is 2. The van der Waals surface area contributed by atoms with Gasteiger partial charge in [-0.1, -0.05) is 18.2 Å². The van der Waals surface area contributed by atoms with Gasteiger partial charge in [0.25, 0.3) is 0 Å². The number of hydrogen-bond acceptors (Lipinski definition) is 5. The molecule has 35 heavy (non-hydrogen) atoms. The van der Waals surface area contributed by atoms with E-state index in [1.807, 2.05) is 38.1 Å². The number of pyridine rings is 1. The average Bonchev–Trinajstić information content (AvgIpc) is 3.22. The second-order valence-corrected chi connectivity index (χ2v) is 8.17. The number of nitrogens with zero attached hydrogens (tertiary/aromatic N) is 3. The Labute approximate surface area is 203 Å². The lowest BCUT2D eigenvalue weighted by molar-refractivity contribution is -0.274. The Morgan fingerprint density at radius 1 is 1.06 bits per heavy atom. The number of ether oxygens (including phenoxy) is 1. The minimum Gasteiger partial charge on any atom is -0.406 e. The predicted octanol–water partition coefficient (Wildman–Crippen LogP) is 6.32. The van der Waals surface area contributed by atoms with E-state index in [0.717, 1.165) is 34.5 Å². The van der Waals surface area contributed by atoms with Crippen LogP contribution in [-0.4, -0.2) is 28.0 Å². The second-order valence-electron chi connectivity index (χ2n) is 7.58. The lowest BCUT2D eigenvalue weighted by Gasteiger charge is -2.10. The number of amides is 2. The molecular weight excluding hydrogens is 479 g/mol. The molecule has 2 aromatic carbocycles. The summed E-state index contributed by atoms with van der Waals surface area (Å²) >= 11 is 0.890. The third-order valence-electron chi connectivity index (χ3n) is 4.97. The summed E-state index contributed by atoms with van der Waals surface area (Å²) < 4.78 is 49.5. The van der Waals surface area contributed by atoms with Gasteiger partial charge < -0.3 is 14.5 Å². The van der Waals surface area contributed by atoms with Gasteiger partial charge in [0.15, 0.2) is 0 Å². The summed E-state index contributed by atoms with van der Waals surface area (Å²) in [7, 11) is 0. The Bertz CT molecular complexity index is 1360. The number of carbonyl (C=O) groups is 1. The number of alkyl halides is 3. The van der Waals surface area contributed by atoms with Crippen LogP contribution in [-0.2, 0) is 0 Å². The molecule has 0 aliphatic heterocycles. The first kappa shape index (κ1) is 24.1. The van der Waals surface area contributed by atoms with Gasteiger partial charge in [0.05, 0.1) is 17.8 Å². The molecule has 0 unspecified atom stereocenters. The number of halogens is 3. The van der Waals surface area contributed by atoms with Crippen molar-refractivity contribution in [1.82, 2.24) is 14.1 Å². The molecule has 2 N–H and O–H groups in total. The van der Waals surface area contributed by atoms with Crippen LogP contribution in [0, 0.1) is 13.8 Å². The minimum atomic E-state index is -4.74. The highest BCUT2D eigenvalue weighted by Gasteiger charge is 2.31. The highest BCUT2D eigenvalue weighted by atomic mass is 32.2. The van der Waals surface area contributed by atoms with Crippen molar-refractivity contribution in [3.8, 4) is 17.0 Å². The largest absolute Gasteiger partial charge is 0.573 e. The van der Waals surface area contributed by atoms with Crippen LogP contribution in [0.5, 0.6) is 5.75 Å². The summed E-state index contributed by atoms with van der Waals surface area (Å²) in [4.78, 5) is 16.6. The number of carbonyl (C=O) groups excluding carboxylic acids is 1. The number of fused-ring (bicyclic) bond motifs is 1. The molecule has 2 heterocycles. The topological polar surface area (TPSA) is 80.0 Å². The van der Waals surface area contributed by atoms with E-state index in [-0.39, 0.29) is 11.8 Å². The van der Waals surface area contributed by atoms with Gasteiger partial charge in [-0.15, -0.1) is 13.2 Å². The monoisotopic (exact) mass is 499 g/mol. The number of aryl methyl sites for hydroxylation is 2. The molecule has 0 spiro atoms. The smallest absolute Gasteiger partial charge is 0.406 e. The van der Waals surface area contributed by atoms with Crippen molar-refractivity contribution in [3.63, 3.8) is 0 Å². The maximum Gasteiger partial charge on any atom is 0.573 e. The normalized spacial score (nSPS) is 11.7. The molecule has 180 valence electrons. The van der Waals surface area contributed by atoms with Crippen LogP contribution < -0.4 is 14.8 Å². The third-order valence-corrected chi connectivity index (χ3v) is 5.46. The lowest BCUT2D eigenvalue weighted by Crippen LogP contribution is -2.23. The Morgan fingerprint density at radius 2 is 1.77 bits per heavy atom. The fourth-order valence-corrected chi connectivity index (χ4v) is 3.72. The number of imidazole rings is 1. The maximum atomic E-state index is 12.3. The van der Waals surface area contributed by atoms with E-state index in [2.05, 4.69) is 24.2 Å². The Balaban J connectivity index is 1.37. The first-order valence-corrected chi connectivity index (χ1v) is 11.1. The van der Waals surface area contributed by atoms with Gasteiger partial charge in [-0.05, 0) is 61.4 Å². The van der Waals surface area contributed by atoms with E-state index in [9.17, 15) is 18.0 Å². The zero-order valence-electron chi connectivity index (χ0n) is 18.6. The molecular formula is C24H20F3N5O2S. The summed E-state index contributed by atoms with van der Waals surface area (Å²) in [5.41, 5.74) is 5.36. The van der Waals surface area contributed by atoms with Crippen molar-refractivity contribution >= 4 is 35.7 Å². The molecule has 4 rings (SSSR count). The van der Waals surface area contributed by atoms with Crippen LogP contribution in [0.1, 0.15) is 16.7 Å². The first-order valence-electron chi connectivity index (χ1n) is 10.4. The van der Waals surface area contributed by atoms with Gasteiger partial charge in [0, 0.05) is 35.4 Å². The maximum absolute atomic E-state index is 12.3. The predicted molar refractivity (Wildman–Crippen MR) is 131 cm³/mol. The number of anilines is 1. The van der Waals surface area contributed by atoms with Crippen LogP contribution >= 0.6 is 12.1 Å². The van der Waals surface area contributed by atoms with Gasteiger partial charge in [0.1, 0.15) is 11.4 Å². The molecule has 0 fully saturated rings. The zero-order valence-corrected chi connectivity index (χ0v) is 19.4. The van der Waals surface area contributed by atoms with E-state index >= 15 is 0 Å². The van der Waals surface area contributed by atoms with Crippen molar-refractivity contribution in [2.45, 2.75) is 20.2 Å². The number of benzene rings is 2. The zero-order chi connectivity index (χ0) is 25.0. The molecule has 11 heteroatoms. The molecule has 0 atom stereocenters. The van der Waals surface area contributed by atoms with E-state index in [1.54, 1.807) is 29.1 Å². The molecule has 2 amide bonds. The molecule has 0 aliphatic carbocycles. The number of hydrogen-bond donors (Lipinski definition) is 2. The summed E-state index contributed by atoms with van der Waals surface area (Å²) in [6.45, 7) is 3.84. The van der Waals surface area contributed by atoms with Gasteiger partial charge in [-0.3, -0.25) is 4.72 Å². The van der Waals surface area contributed by atoms with E-state index < -0.39 is 6.36 Å². The van der Waals surface area contributed by atoms with Gasteiger partial charge in [-0.2, -0.15) is 0 Å². The third kappa shape index (κ3) is 6.33. The van der Waals surface area contributed by atoms with Crippen molar-refractivity contribution in [2.24, 2.45) is 4.40 Å². The molecule has 2 aromatic heterocycles. The lowest BCUT2D eigenvalue weighted by atomic mass is 10.1. The molecule has 0 saturated carbocycles. The van der Waals surface area contributed by atoms with E-state index in [1.165, 1.54) is 24.3 Å². The number of urea groups is 1. The van der Waals surface area contributed by atoms with Crippen molar-refractivity contribution in [1.29, 1.82) is 0 Å². The van der Waals surface area contributed by atoms with Crippen LogP contribution in [0.25, 0.3) is 16.9 Å². The molecule has 0 radical (unpaired) electrons. The quantitative estimate of drug-likeness (QED) is 0.240. The van der Waals surface area contributed by atoms with Crippen LogP contribution in [0.3, 0.4) is 0 Å². The van der Waals surface area contributed by atoms with Gasteiger partial charge >= 0.3 is 12.4 Å². The Kier molecular flexibility index (Phi) is 6.97. The van der Waals surface area contributed by atoms with Crippen molar-refractivity contribution < 1.29 is 22.7 Å². The Hall–Kier alpha value is -3.99. The standard InChI is InChI=1S/C24H20F3N5O2S/c1-15-4-3-5-16(2)22(15)30-23(33)31-35-28-12-17-6-11-21-29-20(14-32(21)13-17)18-7-9-19(10-8-18)34-24(25,26)27/h3-14H,1-2H3,(H2,30,31,33)/b28-12+. The van der Waals surface area contributed by atoms with Crippen LogP contribution in [0.15, 0.2) is 71.4 Å². The minimum absolute atomic E-state index is 0.294. The van der Waals surface area contributed by atoms with Gasteiger partial charge in [0.2, 0.25) is 0 Å². The van der Waals surface area contributed by atoms with Crippen molar-refractivity contribution in [2.75, 3.05) is 5.32 Å². The number of rotatable bonds is 6. The summed E-state index contributed by atoms with van der Waals surface area (Å²) in [6.07, 6.45) is 0.413. The fourth-order valence-electron chi connectivity index (χ4n) is 3.36. The molecule has 0 bridgehead atoms. The number of aromatic nitrogens is 2. The molecule has 7 nitrogen and oxygen atoms in total. The Morgan fingerprint density at radius 3 is 2.46 bits per heavy atom. The summed E-state index contributed by atoms with van der Waals surface area (Å²) in [5, 5.41) is 2.81. The summed E-state index contributed by atoms with van der Waals surface area (Å²) in [6, 6.07) is 14.5.